The van der Waals surface area contributed by atoms with Crippen LogP contribution in [-0.2, 0) is 13.2 Å². The second-order valence-corrected chi connectivity index (χ2v) is 6.26. The van der Waals surface area contributed by atoms with Gasteiger partial charge in [0.25, 0.3) is 5.56 Å². The summed E-state index contributed by atoms with van der Waals surface area (Å²) < 4.78 is 41.3. The van der Waals surface area contributed by atoms with Gasteiger partial charge in [0.05, 0.1) is 11.2 Å². The zero-order chi connectivity index (χ0) is 19.4. The first-order valence-electron chi connectivity index (χ1n) is 7.72. The Morgan fingerprint density at radius 2 is 2.04 bits per heavy atom. The van der Waals surface area contributed by atoms with E-state index in [2.05, 4.69) is 21.9 Å². The van der Waals surface area contributed by atoms with E-state index in [1.165, 1.54) is 17.8 Å². The van der Waals surface area contributed by atoms with Gasteiger partial charge in [-0.2, -0.15) is 23.4 Å². The van der Waals surface area contributed by atoms with Crippen LogP contribution in [0.2, 0.25) is 0 Å². The molecular weight excluding hydrogens is 349 g/mol. The summed E-state index contributed by atoms with van der Waals surface area (Å²) in [4.78, 5) is 12.7. The molecule has 0 atom stereocenters. The van der Waals surface area contributed by atoms with E-state index in [4.69, 9.17) is 5.73 Å². The minimum atomic E-state index is -4.55. The normalized spacial score (nSPS) is 12.3. The topological polar surface area (TPSA) is 94.5 Å². The summed E-state index contributed by atoms with van der Waals surface area (Å²) in [6.07, 6.45) is -3.14. The number of halogens is 3. The maximum absolute atomic E-state index is 13.1. The number of hydrogen-bond donors (Lipinski definition) is 2. The zero-order valence-electron chi connectivity index (χ0n) is 14.3. The molecule has 3 aromatic heterocycles. The quantitative estimate of drug-likeness (QED) is 0.745. The molecule has 0 amide bonds. The van der Waals surface area contributed by atoms with Crippen LogP contribution in [0.1, 0.15) is 19.5 Å². The molecule has 0 saturated carbocycles. The van der Waals surface area contributed by atoms with Crippen molar-refractivity contribution in [1.82, 2.24) is 24.5 Å². The van der Waals surface area contributed by atoms with Gasteiger partial charge in [0.15, 0.2) is 5.82 Å². The second-order valence-electron chi connectivity index (χ2n) is 6.26. The van der Waals surface area contributed by atoms with Crippen molar-refractivity contribution < 1.29 is 13.2 Å². The molecule has 3 rings (SSSR count). The van der Waals surface area contributed by atoms with Crippen LogP contribution >= 0.6 is 0 Å². The second kappa shape index (κ2) is 5.75. The van der Waals surface area contributed by atoms with E-state index in [1.807, 2.05) is 13.8 Å². The van der Waals surface area contributed by atoms with Crippen LogP contribution in [0.3, 0.4) is 0 Å². The number of nitrogen functional groups attached to an aromatic ring is 1. The van der Waals surface area contributed by atoms with Crippen molar-refractivity contribution in [3.63, 3.8) is 0 Å². The number of pyridine rings is 1. The van der Waals surface area contributed by atoms with Crippen molar-refractivity contribution in [2.75, 3.05) is 5.73 Å². The predicted octanol–water partition coefficient (Wildman–Crippen LogP) is 2.85. The predicted molar refractivity (Wildman–Crippen MR) is 92.1 cm³/mol. The van der Waals surface area contributed by atoms with E-state index in [-0.39, 0.29) is 33.9 Å². The number of H-pyrrole nitrogens is 1. The SMILES string of the molecule is C=C(C(C)C)n1cc(-c2cc(C(F)(F)F)n(C)n2)c2[nH]nc(N)c2c1=O. The summed E-state index contributed by atoms with van der Waals surface area (Å²) in [7, 11) is 1.20. The number of anilines is 1. The van der Waals surface area contributed by atoms with Crippen molar-refractivity contribution in [1.29, 1.82) is 0 Å². The summed E-state index contributed by atoms with van der Waals surface area (Å²) in [5.41, 5.74) is 5.45. The molecule has 0 spiro atoms. The van der Waals surface area contributed by atoms with E-state index < -0.39 is 17.4 Å². The van der Waals surface area contributed by atoms with Gasteiger partial charge in [-0.15, -0.1) is 0 Å². The Bertz CT molecular complexity index is 1070. The molecule has 7 nitrogen and oxygen atoms in total. The molecule has 0 fully saturated rings. The average molecular weight is 366 g/mol. The number of allylic oxidation sites excluding steroid dienone is 1. The molecule has 0 radical (unpaired) electrons. The van der Waals surface area contributed by atoms with Gasteiger partial charge in [-0.3, -0.25) is 19.1 Å². The van der Waals surface area contributed by atoms with Gasteiger partial charge in [0.1, 0.15) is 11.1 Å². The van der Waals surface area contributed by atoms with Crippen molar-refractivity contribution in [3.8, 4) is 11.3 Å². The van der Waals surface area contributed by atoms with Crippen LogP contribution in [0.15, 0.2) is 23.6 Å². The molecule has 0 aliphatic heterocycles. The number of nitrogens with two attached hydrogens (primary N) is 1. The molecule has 26 heavy (non-hydrogen) atoms. The van der Waals surface area contributed by atoms with E-state index >= 15 is 0 Å². The number of nitrogens with zero attached hydrogens (tertiary/aromatic N) is 4. The first-order chi connectivity index (χ1) is 12.0. The summed E-state index contributed by atoms with van der Waals surface area (Å²) in [6.45, 7) is 7.58. The molecule has 0 bridgehead atoms. The summed E-state index contributed by atoms with van der Waals surface area (Å²) in [5, 5.41) is 10.5. The minimum Gasteiger partial charge on any atom is -0.382 e. The van der Waals surface area contributed by atoms with Crippen molar-refractivity contribution >= 4 is 22.4 Å². The maximum Gasteiger partial charge on any atom is 0.433 e. The Labute approximate surface area is 145 Å². The Morgan fingerprint density at radius 1 is 1.38 bits per heavy atom. The number of fused-ring (bicyclic) bond motifs is 1. The van der Waals surface area contributed by atoms with Crippen LogP contribution in [0.5, 0.6) is 0 Å². The smallest absolute Gasteiger partial charge is 0.382 e. The summed E-state index contributed by atoms with van der Waals surface area (Å²) >= 11 is 0. The van der Waals surface area contributed by atoms with Gasteiger partial charge in [0.2, 0.25) is 0 Å². The largest absolute Gasteiger partial charge is 0.433 e. The van der Waals surface area contributed by atoms with Crippen molar-refractivity contribution in [3.05, 3.63) is 34.9 Å². The molecule has 3 N–H and O–H groups in total. The number of hydrogen-bond acceptors (Lipinski definition) is 4. The molecule has 0 aliphatic rings. The van der Waals surface area contributed by atoms with Gasteiger partial charge < -0.3 is 5.73 Å². The molecule has 0 saturated heterocycles. The van der Waals surface area contributed by atoms with Crippen molar-refractivity contribution in [2.24, 2.45) is 13.0 Å². The zero-order valence-corrected chi connectivity index (χ0v) is 14.3. The Hall–Kier alpha value is -3.04. The van der Waals surface area contributed by atoms with Gasteiger partial charge in [-0.25, -0.2) is 0 Å². The molecule has 0 unspecified atom stereocenters. The molecule has 138 valence electrons. The number of aryl methyl sites for hydroxylation is 1. The van der Waals surface area contributed by atoms with Crippen LogP contribution in [-0.4, -0.2) is 24.5 Å². The van der Waals surface area contributed by atoms with Crippen molar-refractivity contribution in [2.45, 2.75) is 20.0 Å². The molecule has 3 aromatic rings. The third kappa shape index (κ3) is 2.67. The highest BCUT2D eigenvalue weighted by molar-refractivity contribution is 5.98. The van der Waals surface area contributed by atoms with Crippen LogP contribution < -0.4 is 11.3 Å². The maximum atomic E-state index is 13.1. The van der Waals surface area contributed by atoms with Crippen LogP contribution in [0.4, 0.5) is 19.0 Å². The first-order valence-corrected chi connectivity index (χ1v) is 7.72. The van der Waals surface area contributed by atoms with E-state index in [1.54, 1.807) is 0 Å². The number of nitrogens with one attached hydrogen (secondary N) is 1. The van der Waals surface area contributed by atoms with E-state index in [9.17, 15) is 18.0 Å². The highest BCUT2D eigenvalue weighted by Gasteiger charge is 2.35. The lowest BCUT2D eigenvalue weighted by atomic mass is 10.1. The van der Waals surface area contributed by atoms with Crippen LogP contribution in [0, 0.1) is 5.92 Å². The number of aromatic nitrogens is 5. The molecule has 10 heteroatoms. The van der Waals surface area contributed by atoms with Gasteiger partial charge in [-0.05, 0) is 12.0 Å². The van der Waals surface area contributed by atoms with Gasteiger partial charge in [-0.1, -0.05) is 20.4 Å². The highest BCUT2D eigenvalue weighted by Crippen LogP contribution is 2.34. The summed E-state index contributed by atoms with van der Waals surface area (Å²) in [6, 6.07) is 0.915. The fourth-order valence-electron chi connectivity index (χ4n) is 2.69. The number of alkyl halides is 3. The molecule has 3 heterocycles. The number of aromatic amines is 1. The Kier molecular flexibility index (Phi) is 3.93. The third-order valence-corrected chi connectivity index (χ3v) is 4.18. The van der Waals surface area contributed by atoms with E-state index in [0.29, 0.717) is 5.70 Å². The minimum absolute atomic E-state index is 0.0378. The lowest BCUT2D eigenvalue weighted by molar-refractivity contribution is -0.143. The standard InChI is InChI=1S/C16H17F3N6O/c1-7(2)8(3)25-6-9(13-12(15(25)26)14(20)22-21-13)10-5-11(16(17,18)19)24(4)23-10/h5-7H,3H2,1-2,4H3,(H3,20,21,22). The highest BCUT2D eigenvalue weighted by atomic mass is 19.4. The lowest BCUT2D eigenvalue weighted by Crippen LogP contribution is -2.21. The fraction of sp³-hybridized carbons (Fsp3) is 0.312. The Balaban J connectivity index is 2.35. The summed E-state index contributed by atoms with van der Waals surface area (Å²) in [5.74, 6) is -0.107. The molecular formula is C16H17F3N6O. The first kappa shape index (κ1) is 17.8. The van der Waals surface area contributed by atoms with Gasteiger partial charge in [0, 0.05) is 24.5 Å². The molecule has 0 aliphatic carbocycles. The lowest BCUT2D eigenvalue weighted by Gasteiger charge is -2.14. The number of rotatable bonds is 3. The fourth-order valence-corrected chi connectivity index (χ4v) is 2.69. The van der Waals surface area contributed by atoms with E-state index in [0.717, 1.165) is 10.7 Å². The molecule has 0 aromatic carbocycles. The third-order valence-electron chi connectivity index (χ3n) is 4.18. The average Bonchev–Trinajstić information content (AvgIpc) is 3.10. The van der Waals surface area contributed by atoms with Crippen LogP contribution in [0.25, 0.3) is 27.9 Å². The monoisotopic (exact) mass is 366 g/mol. The van der Waals surface area contributed by atoms with Gasteiger partial charge >= 0.3 is 6.18 Å². The Morgan fingerprint density at radius 3 is 2.58 bits per heavy atom.